The first-order valence-corrected chi connectivity index (χ1v) is 12.7. The van der Waals surface area contributed by atoms with Crippen molar-refractivity contribution in [3.63, 3.8) is 0 Å². The van der Waals surface area contributed by atoms with E-state index in [1.54, 1.807) is 12.1 Å². The molecular formula is C22H28ClN5O3S. The predicted molar refractivity (Wildman–Crippen MR) is 123 cm³/mol. The van der Waals surface area contributed by atoms with Crippen molar-refractivity contribution in [2.45, 2.75) is 31.6 Å². The molecule has 0 spiro atoms. The van der Waals surface area contributed by atoms with Gasteiger partial charge in [0, 0.05) is 45.2 Å². The number of hydrogen-bond acceptors (Lipinski definition) is 6. The van der Waals surface area contributed by atoms with Crippen LogP contribution >= 0.6 is 11.6 Å². The summed E-state index contributed by atoms with van der Waals surface area (Å²) in [5.74, 6) is 0.842. The third-order valence-corrected chi connectivity index (χ3v) is 8.54. The van der Waals surface area contributed by atoms with Crippen LogP contribution in [0.15, 0.2) is 35.2 Å². The van der Waals surface area contributed by atoms with Crippen molar-refractivity contribution in [3.8, 4) is 0 Å². The van der Waals surface area contributed by atoms with E-state index in [9.17, 15) is 13.2 Å². The molecule has 0 saturated carbocycles. The maximum Gasteiger partial charge on any atom is 0.243 e. The zero-order valence-corrected chi connectivity index (χ0v) is 19.9. The molecule has 0 atom stereocenters. The van der Waals surface area contributed by atoms with Crippen molar-refractivity contribution >= 4 is 33.3 Å². The Morgan fingerprint density at radius 1 is 0.969 bits per heavy atom. The van der Waals surface area contributed by atoms with E-state index in [2.05, 4.69) is 15.1 Å². The molecule has 4 rings (SSSR count). The SMILES string of the molecule is Cc1ccc(C)c(S(=O)(=O)N2CCN(C(=O)C3CCN(c4ccc(Cl)nn4)CC3)CC2)c1. The number of piperidine rings is 1. The molecule has 2 aliphatic rings. The number of carbonyl (C=O) groups excluding carboxylic acids is 1. The number of amides is 1. The average Bonchev–Trinajstić information content (AvgIpc) is 2.81. The fraction of sp³-hybridized carbons (Fsp3) is 0.500. The van der Waals surface area contributed by atoms with Crippen LogP contribution < -0.4 is 4.90 Å². The molecule has 1 aromatic heterocycles. The number of aryl methyl sites for hydroxylation is 2. The summed E-state index contributed by atoms with van der Waals surface area (Å²) in [5.41, 5.74) is 1.66. The average molecular weight is 478 g/mol. The van der Waals surface area contributed by atoms with Crippen LogP contribution in [0.2, 0.25) is 5.15 Å². The lowest BCUT2D eigenvalue weighted by molar-refractivity contribution is -0.137. The second-order valence-corrected chi connectivity index (χ2v) is 10.8. The van der Waals surface area contributed by atoms with Crippen LogP contribution in [0.5, 0.6) is 0 Å². The Morgan fingerprint density at radius 3 is 2.28 bits per heavy atom. The van der Waals surface area contributed by atoms with E-state index in [4.69, 9.17) is 11.6 Å². The summed E-state index contributed by atoms with van der Waals surface area (Å²) in [4.78, 5) is 17.3. The molecule has 8 nitrogen and oxygen atoms in total. The van der Waals surface area contributed by atoms with Crippen LogP contribution in [0.3, 0.4) is 0 Å². The Kier molecular flexibility index (Phi) is 6.69. The molecule has 0 bridgehead atoms. The minimum Gasteiger partial charge on any atom is -0.355 e. The molecule has 0 N–H and O–H groups in total. The molecule has 0 unspecified atom stereocenters. The van der Waals surface area contributed by atoms with Gasteiger partial charge in [-0.25, -0.2) is 8.42 Å². The standard InChI is InChI=1S/C22H28ClN5O3S/c1-16-3-4-17(2)19(15-16)32(30,31)28-13-11-27(12-14-28)22(29)18-7-9-26(10-8-18)21-6-5-20(23)24-25-21/h3-6,15,18H,7-14H2,1-2H3. The van der Waals surface area contributed by atoms with E-state index in [1.165, 1.54) is 4.31 Å². The summed E-state index contributed by atoms with van der Waals surface area (Å²) in [6.07, 6.45) is 1.48. The van der Waals surface area contributed by atoms with Crippen molar-refractivity contribution < 1.29 is 13.2 Å². The Hall–Kier alpha value is -2.23. The number of carbonyl (C=O) groups is 1. The highest BCUT2D eigenvalue weighted by Gasteiger charge is 2.34. The topological polar surface area (TPSA) is 86.7 Å². The second kappa shape index (κ2) is 9.33. The minimum atomic E-state index is -3.56. The van der Waals surface area contributed by atoms with Gasteiger partial charge in [0.25, 0.3) is 0 Å². The molecule has 2 saturated heterocycles. The number of piperazine rings is 1. The Labute approximate surface area is 194 Å². The van der Waals surface area contributed by atoms with E-state index in [0.717, 1.165) is 42.9 Å². The Bertz CT molecular complexity index is 1080. The van der Waals surface area contributed by atoms with E-state index in [-0.39, 0.29) is 11.8 Å². The van der Waals surface area contributed by atoms with Gasteiger partial charge in [-0.05, 0) is 56.0 Å². The second-order valence-electron chi connectivity index (χ2n) is 8.47. The van der Waals surface area contributed by atoms with Gasteiger partial charge < -0.3 is 9.80 Å². The number of sulfonamides is 1. The number of anilines is 1. The largest absolute Gasteiger partial charge is 0.355 e. The summed E-state index contributed by atoms with van der Waals surface area (Å²) in [6.45, 7) is 6.65. The predicted octanol–water partition coefficient (Wildman–Crippen LogP) is 2.50. The normalized spacial score (nSPS) is 18.7. The Balaban J connectivity index is 1.33. The summed E-state index contributed by atoms with van der Waals surface area (Å²) in [7, 11) is -3.56. The molecule has 3 heterocycles. The van der Waals surface area contributed by atoms with Crippen LogP contribution in [-0.4, -0.2) is 73.0 Å². The van der Waals surface area contributed by atoms with Crippen LogP contribution in [0.25, 0.3) is 0 Å². The molecule has 1 amide bonds. The van der Waals surface area contributed by atoms with E-state index in [1.807, 2.05) is 36.9 Å². The number of halogens is 1. The minimum absolute atomic E-state index is 0.0475. The lowest BCUT2D eigenvalue weighted by Crippen LogP contribution is -2.53. The number of hydrogen-bond donors (Lipinski definition) is 0. The number of rotatable bonds is 4. The smallest absolute Gasteiger partial charge is 0.243 e. The number of nitrogens with zero attached hydrogens (tertiary/aromatic N) is 5. The third kappa shape index (κ3) is 4.74. The number of benzene rings is 1. The summed E-state index contributed by atoms with van der Waals surface area (Å²) < 4.78 is 27.8. The van der Waals surface area contributed by atoms with Gasteiger partial charge in [0.15, 0.2) is 11.0 Å². The van der Waals surface area contributed by atoms with Gasteiger partial charge in [0.05, 0.1) is 4.90 Å². The first-order valence-electron chi connectivity index (χ1n) is 10.9. The number of aromatic nitrogens is 2. The van der Waals surface area contributed by atoms with Crippen LogP contribution in [0.4, 0.5) is 5.82 Å². The van der Waals surface area contributed by atoms with Crippen molar-refractivity contribution in [2.24, 2.45) is 5.92 Å². The fourth-order valence-electron chi connectivity index (χ4n) is 4.36. The zero-order chi connectivity index (χ0) is 22.9. The lowest BCUT2D eigenvalue weighted by atomic mass is 9.95. The molecule has 0 aliphatic carbocycles. The Morgan fingerprint density at radius 2 is 1.66 bits per heavy atom. The third-order valence-electron chi connectivity index (χ3n) is 6.30. The quantitative estimate of drug-likeness (QED) is 0.672. The first-order chi connectivity index (χ1) is 15.3. The van der Waals surface area contributed by atoms with E-state index >= 15 is 0 Å². The van der Waals surface area contributed by atoms with Crippen molar-refractivity contribution in [2.75, 3.05) is 44.2 Å². The molecular weight excluding hydrogens is 450 g/mol. The maximum absolute atomic E-state index is 13.1. The van der Waals surface area contributed by atoms with Crippen molar-refractivity contribution in [1.82, 2.24) is 19.4 Å². The molecule has 10 heteroatoms. The molecule has 2 aromatic rings. The summed E-state index contributed by atoms with van der Waals surface area (Å²) in [6, 6.07) is 9.03. The van der Waals surface area contributed by atoms with Gasteiger partial charge in [-0.3, -0.25) is 4.79 Å². The molecule has 32 heavy (non-hydrogen) atoms. The summed E-state index contributed by atoms with van der Waals surface area (Å²) in [5, 5.41) is 8.36. The van der Waals surface area contributed by atoms with Crippen LogP contribution in [-0.2, 0) is 14.8 Å². The van der Waals surface area contributed by atoms with Crippen molar-refractivity contribution in [1.29, 1.82) is 0 Å². The summed E-state index contributed by atoms with van der Waals surface area (Å²) >= 11 is 5.81. The highest BCUT2D eigenvalue weighted by molar-refractivity contribution is 7.89. The van der Waals surface area contributed by atoms with Gasteiger partial charge in [-0.15, -0.1) is 10.2 Å². The van der Waals surface area contributed by atoms with Gasteiger partial charge >= 0.3 is 0 Å². The first kappa shape index (κ1) is 22.9. The van der Waals surface area contributed by atoms with E-state index < -0.39 is 10.0 Å². The monoisotopic (exact) mass is 477 g/mol. The van der Waals surface area contributed by atoms with Gasteiger partial charge in [-0.1, -0.05) is 23.7 Å². The molecule has 2 aliphatic heterocycles. The molecule has 0 radical (unpaired) electrons. The highest BCUT2D eigenvalue weighted by Crippen LogP contribution is 2.26. The lowest BCUT2D eigenvalue weighted by Gasteiger charge is -2.38. The zero-order valence-electron chi connectivity index (χ0n) is 18.4. The fourth-order valence-corrected chi connectivity index (χ4v) is 6.20. The van der Waals surface area contributed by atoms with Crippen molar-refractivity contribution in [3.05, 3.63) is 46.6 Å². The van der Waals surface area contributed by atoms with Gasteiger partial charge in [-0.2, -0.15) is 4.31 Å². The molecule has 172 valence electrons. The maximum atomic E-state index is 13.1. The van der Waals surface area contributed by atoms with E-state index in [0.29, 0.717) is 36.2 Å². The van der Waals surface area contributed by atoms with Crippen LogP contribution in [0.1, 0.15) is 24.0 Å². The van der Waals surface area contributed by atoms with Gasteiger partial charge in [0.2, 0.25) is 15.9 Å². The molecule has 2 fully saturated rings. The van der Waals surface area contributed by atoms with Gasteiger partial charge in [0.1, 0.15) is 0 Å². The molecule has 1 aromatic carbocycles. The van der Waals surface area contributed by atoms with Crippen LogP contribution in [0, 0.1) is 19.8 Å². The highest BCUT2D eigenvalue weighted by atomic mass is 35.5.